The molecule has 1 aliphatic rings. The van der Waals surface area contributed by atoms with E-state index in [1.54, 1.807) is 11.3 Å². The zero-order valence-corrected chi connectivity index (χ0v) is 9.85. The van der Waals surface area contributed by atoms with Crippen LogP contribution in [-0.4, -0.2) is 24.4 Å². The minimum atomic E-state index is -0.311. The highest BCUT2D eigenvalue weighted by atomic mass is 35.5. The molecular weight excluding hydrogens is 248 g/mol. The van der Waals surface area contributed by atoms with Gasteiger partial charge in [-0.1, -0.05) is 11.6 Å². The first-order valence-corrected chi connectivity index (χ1v) is 6.15. The zero-order chi connectivity index (χ0) is 11.1. The highest BCUT2D eigenvalue weighted by Crippen LogP contribution is 2.44. The van der Waals surface area contributed by atoms with Gasteiger partial charge in [-0.25, -0.2) is 0 Å². The van der Waals surface area contributed by atoms with E-state index in [4.69, 9.17) is 26.2 Å². The first-order valence-electron chi connectivity index (χ1n) is 4.89. The largest absolute Gasteiger partial charge is 0.486 e. The third kappa shape index (κ3) is 1.45. The summed E-state index contributed by atoms with van der Waals surface area (Å²) in [5.74, 6) is 1.34. The summed E-state index contributed by atoms with van der Waals surface area (Å²) in [6.07, 6.45) is -0.311. The van der Waals surface area contributed by atoms with Crippen LogP contribution in [0.1, 0.15) is 0 Å². The molecule has 0 spiro atoms. The molecular formula is C11H9ClO3S. The second kappa shape index (κ2) is 3.80. The summed E-state index contributed by atoms with van der Waals surface area (Å²) in [6, 6.07) is 3.84. The van der Waals surface area contributed by atoms with Gasteiger partial charge in [-0.2, -0.15) is 0 Å². The molecule has 0 aliphatic carbocycles. The quantitative estimate of drug-likeness (QED) is 0.853. The van der Waals surface area contributed by atoms with E-state index < -0.39 is 0 Å². The molecule has 1 aromatic carbocycles. The second-order valence-electron chi connectivity index (χ2n) is 3.58. The van der Waals surface area contributed by atoms with Gasteiger partial charge in [-0.05, 0) is 12.1 Å². The van der Waals surface area contributed by atoms with E-state index in [-0.39, 0.29) is 12.7 Å². The van der Waals surface area contributed by atoms with Crippen LogP contribution >= 0.6 is 22.9 Å². The van der Waals surface area contributed by atoms with E-state index in [0.29, 0.717) is 23.1 Å². The third-order valence-electron chi connectivity index (χ3n) is 2.52. The van der Waals surface area contributed by atoms with Crippen molar-refractivity contribution in [2.75, 3.05) is 13.2 Å². The Labute approximate surface area is 101 Å². The van der Waals surface area contributed by atoms with E-state index in [9.17, 15) is 0 Å². The topological polar surface area (TPSA) is 38.7 Å². The SMILES string of the molecule is OCC1COc2ccc3scc(Cl)c3c2O1. The lowest BCUT2D eigenvalue weighted by Gasteiger charge is -2.25. The van der Waals surface area contributed by atoms with Crippen LogP contribution in [0.3, 0.4) is 0 Å². The number of aliphatic hydroxyl groups is 1. The van der Waals surface area contributed by atoms with Gasteiger partial charge in [0.1, 0.15) is 6.61 Å². The molecule has 1 aromatic heterocycles. The van der Waals surface area contributed by atoms with Crippen molar-refractivity contribution in [3.8, 4) is 11.5 Å². The molecule has 84 valence electrons. The van der Waals surface area contributed by atoms with Gasteiger partial charge in [0, 0.05) is 10.1 Å². The number of hydrogen-bond donors (Lipinski definition) is 1. The Bertz CT molecular complexity index is 537. The lowest BCUT2D eigenvalue weighted by molar-refractivity contribution is 0.0472. The molecule has 1 unspecified atom stereocenters. The summed E-state index contributed by atoms with van der Waals surface area (Å²) in [4.78, 5) is 0. The smallest absolute Gasteiger partial charge is 0.172 e. The molecule has 0 radical (unpaired) electrons. The van der Waals surface area contributed by atoms with Crippen LogP contribution in [0.25, 0.3) is 10.1 Å². The molecule has 0 saturated heterocycles. The fourth-order valence-electron chi connectivity index (χ4n) is 1.75. The minimum absolute atomic E-state index is 0.0580. The predicted molar refractivity (Wildman–Crippen MR) is 63.8 cm³/mol. The Morgan fingerprint density at radius 1 is 1.50 bits per heavy atom. The molecule has 1 aliphatic heterocycles. The monoisotopic (exact) mass is 256 g/mol. The maximum atomic E-state index is 9.07. The molecule has 0 saturated carbocycles. The van der Waals surface area contributed by atoms with Crippen LogP contribution < -0.4 is 9.47 Å². The van der Waals surface area contributed by atoms with Crippen molar-refractivity contribution in [1.82, 2.24) is 0 Å². The summed E-state index contributed by atoms with van der Waals surface area (Å²) in [6.45, 7) is 0.314. The molecule has 1 atom stereocenters. The van der Waals surface area contributed by atoms with Crippen molar-refractivity contribution < 1.29 is 14.6 Å². The Balaban J connectivity index is 2.20. The van der Waals surface area contributed by atoms with Crippen molar-refractivity contribution in [2.24, 2.45) is 0 Å². The van der Waals surface area contributed by atoms with Crippen LogP contribution in [-0.2, 0) is 0 Å². The van der Waals surface area contributed by atoms with Crippen LogP contribution in [0.5, 0.6) is 11.5 Å². The van der Waals surface area contributed by atoms with Gasteiger partial charge in [0.05, 0.1) is 17.0 Å². The maximum Gasteiger partial charge on any atom is 0.172 e. The summed E-state index contributed by atoms with van der Waals surface area (Å²) < 4.78 is 12.3. The zero-order valence-electron chi connectivity index (χ0n) is 8.27. The van der Waals surface area contributed by atoms with E-state index >= 15 is 0 Å². The van der Waals surface area contributed by atoms with E-state index in [0.717, 1.165) is 10.1 Å². The number of fused-ring (bicyclic) bond motifs is 3. The van der Waals surface area contributed by atoms with Gasteiger partial charge in [0.2, 0.25) is 0 Å². The first kappa shape index (κ1) is 10.2. The van der Waals surface area contributed by atoms with Crippen molar-refractivity contribution in [3.63, 3.8) is 0 Å². The third-order valence-corrected chi connectivity index (χ3v) is 3.90. The number of rotatable bonds is 1. The summed E-state index contributed by atoms with van der Waals surface area (Å²) in [5, 5.41) is 12.5. The minimum Gasteiger partial charge on any atom is -0.486 e. The average Bonchev–Trinajstić information content (AvgIpc) is 2.71. The molecule has 16 heavy (non-hydrogen) atoms. The van der Waals surface area contributed by atoms with Gasteiger partial charge in [0.25, 0.3) is 0 Å². The van der Waals surface area contributed by atoms with Crippen molar-refractivity contribution in [1.29, 1.82) is 0 Å². The lowest BCUT2D eigenvalue weighted by atomic mass is 10.2. The van der Waals surface area contributed by atoms with Crippen LogP contribution in [0.4, 0.5) is 0 Å². The van der Waals surface area contributed by atoms with Gasteiger partial charge >= 0.3 is 0 Å². The summed E-state index contributed by atoms with van der Waals surface area (Å²) in [5.41, 5.74) is 0. The maximum absolute atomic E-state index is 9.07. The summed E-state index contributed by atoms with van der Waals surface area (Å²) >= 11 is 7.68. The molecule has 3 rings (SSSR count). The molecule has 5 heteroatoms. The Kier molecular flexibility index (Phi) is 2.42. The van der Waals surface area contributed by atoms with Crippen molar-refractivity contribution >= 4 is 33.0 Å². The van der Waals surface area contributed by atoms with Gasteiger partial charge in [-0.3, -0.25) is 0 Å². The molecule has 1 N–H and O–H groups in total. The molecule has 0 fully saturated rings. The second-order valence-corrected chi connectivity index (χ2v) is 4.90. The molecule has 0 amide bonds. The molecule has 2 aromatic rings. The number of thiophene rings is 1. The number of hydrogen-bond acceptors (Lipinski definition) is 4. The number of ether oxygens (including phenoxy) is 2. The number of benzene rings is 1. The predicted octanol–water partition coefficient (Wildman–Crippen LogP) is 2.69. The summed E-state index contributed by atoms with van der Waals surface area (Å²) in [7, 11) is 0. The van der Waals surface area contributed by atoms with E-state index in [2.05, 4.69) is 0 Å². The standard InChI is InChI=1S/C11H9ClO3S/c12-7-5-16-9-2-1-8-11(10(7)9)15-6(3-13)4-14-8/h1-2,5-6,13H,3-4H2. The normalized spacial score (nSPS) is 19.0. The highest BCUT2D eigenvalue weighted by Gasteiger charge is 2.24. The molecule has 0 bridgehead atoms. The van der Waals surface area contributed by atoms with Crippen LogP contribution in [0.2, 0.25) is 5.02 Å². The Morgan fingerprint density at radius 2 is 2.38 bits per heavy atom. The Hall–Kier alpha value is -0.970. The highest BCUT2D eigenvalue weighted by molar-refractivity contribution is 7.17. The van der Waals surface area contributed by atoms with Crippen molar-refractivity contribution in [3.05, 3.63) is 22.5 Å². The number of aliphatic hydroxyl groups excluding tert-OH is 1. The fourth-order valence-corrected chi connectivity index (χ4v) is 2.94. The van der Waals surface area contributed by atoms with Gasteiger partial charge < -0.3 is 14.6 Å². The number of halogens is 1. The fraction of sp³-hybridized carbons (Fsp3) is 0.273. The lowest BCUT2D eigenvalue weighted by Crippen LogP contribution is -2.32. The Morgan fingerprint density at radius 3 is 3.19 bits per heavy atom. The van der Waals surface area contributed by atoms with Crippen molar-refractivity contribution in [2.45, 2.75) is 6.10 Å². The van der Waals surface area contributed by atoms with E-state index in [1.165, 1.54) is 0 Å². The van der Waals surface area contributed by atoms with E-state index in [1.807, 2.05) is 17.5 Å². The van der Waals surface area contributed by atoms with Gasteiger partial charge in [-0.15, -0.1) is 11.3 Å². The molecule has 3 nitrogen and oxygen atoms in total. The first-order chi connectivity index (χ1) is 7.79. The van der Waals surface area contributed by atoms with Gasteiger partial charge in [0.15, 0.2) is 17.6 Å². The average molecular weight is 257 g/mol. The van der Waals surface area contributed by atoms with Crippen LogP contribution in [0.15, 0.2) is 17.5 Å². The molecule has 2 heterocycles. The van der Waals surface area contributed by atoms with Crippen LogP contribution in [0, 0.1) is 0 Å².